The molecule has 0 aliphatic heterocycles. The maximum Gasteiger partial charge on any atom is 0.330 e. The van der Waals surface area contributed by atoms with Gasteiger partial charge in [0, 0.05) is 27.8 Å². The summed E-state index contributed by atoms with van der Waals surface area (Å²) in [5.74, 6) is -7.06. The third-order valence-corrected chi connectivity index (χ3v) is 6.77. The van der Waals surface area contributed by atoms with Crippen LogP contribution in [-0.4, -0.2) is 64.6 Å². The van der Waals surface area contributed by atoms with Crippen LogP contribution in [0.25, 0.3) is 32.7 Å². The van der Waals surface area contributed by atoms with E-state index in [1.165, 1.54) is 19.6 Å². The molecule has 0 fully saturated rings. The van der Waals surface area contributed by atoms with Gasteiger partial charge >= 0.3 is 7.48 Å². The quantitative estimate of drug-likeness (QED) is 0.0836. The minimum absolute atomic E-state index is 0.199. The third-order valence-electron chi connectivity index (χ3n) is 6.77. The zero-order chi connectivity index (χ0) is 27.6. The molecule has 0 aliphatic carbocycles. The van der Waals surface area contributed by atoms with Gasteiger partial charge in [-0.25, -0.2) is 0 Å². The molecule has 0 bridgehead atoms. The van der Waals surface area contributed by atoms with Crippen molar-refractivity contribution < 1.29 is 50.6 Å². The third kappa shape index (κ3) is 3.92. The Kier molecular flexibility index (Phi) is 5.89. The number of hydrogen-bond acceptors (Lipinski definition) is 10. The largest absolute Gasteiger partial charge is 0.507 e. The maximum atomic E-state index is 11.3. The topological polar surface area (TPSA) is 191 Å². The minimum Gasteiger partial charge on any atom is -0.507 e. The maximum absolute atomic E-state index is 11.3. The molecule has 193 valence electrons. The molecule has 0 aliphatic rings. The van der Waals surface area contributed by atoms with E-state index < -0.39 is 73.4 Å². The van der Waals surface area contributed by atoms with Gasteiger partial charge < -0.3 is 50.6 Å². The lowest BCUT2D eigenvalue weighted by Gasteiger charge is -2.37. The molecule has 11 heteroatoms. The normalized spacial score (nSPS) is 12.4. The summed E-state index contributed by atoms with van der Waals surface area (Å²) in [6.45, 7) is 6.55. The van der Waals surface area contributed by atoms with Crippen LogP contribution in [0.15, 0.2) is 30.3 Å². The number of benzene rings is 4. The van der Waals surface area contributed by atoms with E-state index in [1.54, 1.807) is 39.8 Å². The molecule has 0 unspecified atom stereocenters. The second-order valence-electron chi connectivity index (χ2n) is 9.81. The molecule has 0 saturated heterocycles. The van der Waals surface area contributed by atoms with E-state index in [0.29, 0.717) is 5.46 Å². The predicted molar refractivity (Wildman–Crippen MR) is 137 cm³/mol. The highest BCUT2D eigenvalue weighted by Crippen LogP contribution is 2.59. The van der Waals surface area contributed by atoms with Crippen LogP contribution in [0.3, 0.4) is 0 Å². The van der Waals surface area contributed by atoms with Crippen molar-refractivity contribution in [1.29, 1.82) is 0 Å². The molecular formula is C26H26BO10. The lowest BCUT2D eigenvalue weighted by molar-refractivity contribution is -0.0893. The zero-order valence-electron chi connectivity index (χ0n) is 20.4. The summed E-state index contributed by atoms with van der Waals surface area (Å²) in [5, 5.41) is 93.1. The van der Waals surface area contributed by atoms with Gasteiger partial charge in [0.25, 0.3) is 0 Å². The molecule has 37 heavy (non-hydrogen) atoms. The van der Waals surface area contributed by atoms with Crippen LogP contribution in [-0.2, 0) is 4.65 Å². The zero-order valence-corrected chi connectivity index (χ0v) is 20.4. The summed E-state index contributed by atoms with van der Waals surface area (Å²) in [6, 6.07) is 7.02. The predicted octanol–water partition coefficient (Wildman–Crippen LogP) is 3.12. The van der Waals surface area contributed by atoms with Crippen molar-refractivity contribution in [3.05, 3.63) is 30.3 Å². The standard InChI is InChI=1S/C26H26BO10/c1-25(2,36)26(3,4)37-27-11-7-5-6-10(8-11)14-16-17(22(33)24(35)23(34)21(16)32)15-12(28)9-13(29)19(30)18(15)20(14)31/h5-9,28-36H,1-4H3. The Balaban J connectivity index is 2.07. The van der Waals surface area contributed by atoms with Crippen LogP contribution < -0.4 is 5.46 Å². The van der Waals surface area contributed by atoms with Gasteiger partial charge in [-0.15, -0.1) is 0 Å². The van der Waals surface area contributed by atoms with Gasteiger partial charge in [-0.3, -0.25) is 0 Å². The summed E-state index contributed by atoms with van der Waals surface area (Å²) in [7, 11) is 1.37. The first kappa shape index (κ1) is 25.9. The van der Waals surface area contributed by atoms with Crippen molar-refractivity contribution in [2.75, 3.05) is 0 Å². The molecule has 1 radical (unpaired) electrons. The highest BCUT2D eigenvalue weighted by molar-refractivity contribution is 6.47. The fraction of sp³-hybridized carbons (Fsp3) is 0.231. The molecule has 0 aromatic heterocycles. The fourth-order valence-electron chi connectivity index (χ4n) is 3.96. The molecule has 4 rings (SSSR count). The van der Waals surface area contributed by atoms with E-state index in [4.69, 9.17) is 4.65 Å². The van der Waals surface area contributed by atoms with Crippen LogP contribution >= 0.6 is 0 Å². The number of phenols is 8. The Bertz CT molecular complexity index is 1570. The van der Waals surface area contributed by atoms with E-state index in [0.717, 1.165) is 6.07 Å². The van der Waals surface area contributed by atoms with Crippen molar-refractivity contribution in [1.82, 2.24) is 0 Å². The van der Waals surface area contributed by atoms with E-state index in [9.17, 15) is 46.0 Å². The van der Waals surface area contributed by atoms with E-state index in [2.05, 4.69) is 0 Å². The highest BCUT2D eigenvalue weighted by atomic mass is 16.5. The lowest BCUT2D eigenvalue weighted by atomic mass is 9.81. The monoisotopic (exact) mass is 509 g/mol. The number of rotatable bonds is 5. The summed E-state index contributed by atoms with van der Waals surface area (Å²) in [5.41, 5.74) is -1.74. The Morgan fingerprint density at radius 2 is 1.22 bits per heavy atom. The second-order valence-corrected chi connectivity index (χ2v) is 9.81. The SMILES string of the molecule is CC(C)(O)C(C)(C)O[B]c1cccc(-c2c(O)c3c(O)c(O)cc(O)c3c3c(O)c(O)c(O)c(O)c23)c1. The van der Waals surface area contributed by atoms with Crippen LogP contribution in [0.5, 0.6) is 46.0 Å². The summed E-state index contributed by atoms with van der Waals surface area (Å²) < 4.78 is 5.78. The van der Waals surface area contributed by atoms with Crippen molar-refractivity contribution in [3.8, 4) is 57.1 Å². The van der Waals surface area contributed by atoms with Crippen LogP contribution in [0, 0.1) is 0 Å². The van der Waals surface area contributed by atoms with Crippen molar-refractivity contribution in [3.63, 3.8) is 0 Å². The average molecular weight is 509 g/mol. The molecule has 10 nitrogen and oxygen atoms in total. The van der Waals surface area contributed by atoms with Gasteiger partial charge in [-0.1, -0.05) is 29.7 Å². The Hall–Kier alpha value is -4.22. The number of aliphatic hydroxyl groups is 1. The van der Waals surface area contributed by atoms with E-state index in [1.807, 2.05) is 0 Å². The number of aromatic hydroxyl groups is 8. The number of phenolic OH excluding ortho intramolecular Hbond substituents is 8. The van der Waals surface area contributed by atoms with Crippen molar-refractivity contribution in [2.45, 2.75) is 38.9 Å². The first-order valence-corrected chi connectivity index (χ1v) is 11.1. The number of hydrogen-bond donors (Lipinski definition) is 9. The summed E-state index contributed by atoms with van der Waals surface area (Å²) in [4.78, 5) is 0. The van der Waals surface area contributed by atoms with E-state index >= 15 is 0 Å². The van der Waals surface area contributed by atoms with Gasteiger partial charge in [0.15, 0.2) is 23.0 Å². The van der Waals surface area contributed by atoms with Gasteiger partial charge in [0.2, 0.25) is 11.5 Å². The average Bonchev–Trinajstić information content (AvgIpc) is 2.82. The molecular weight excluding hydrogens is 483 g/mol. The molecule has 0 spiro atoms. The molecule has 4 aromatic rings. The smallest absolute Gasteiger partial charge is 0.330 e. The van der Waals surface area contributed by atoms with E-state index in [-0.39, 0.29) is 16.5 Å². The van der Waals surface area contributed by atoms with Gasteiger partial charge in [0.05, 0.1) is 16.6 Å². The highest BCUT2D eigenvalue weighted by Gasteiger charge is 2.36. The van der Waals surface area contributed by atoms with Crippen molar-refractivity contribution in [2.24, 2.45) is 0 Å². The lowest BCUT2D eigenvalue weighted by Crippen LogP contribution is -2.49. The van der Waals surface area contributed by atoms with Crippen LogP contribution in [0.2, 0.25) is 0 Å². The molecule has 9 N–H and O–H groups in total. The Morgan fingerprint density at radius 1 is 0.622 bits per heavy atom. The fourth-order valence-corrected chi connectivity index (χ4v) is 3.96. The van der Waals surface area contributed by atoms with Crippen LogP contribution in [0.1, 0.15) is 27.7 Å². The molecule has 4 aromatic carbocycles. The molecule has 0 saturated carbocycles. The molecule has 0 atom stereocenters. The van der Waals surface area contributed by atoms with Gasteiger partial charge in [0.1, 0.15) is 11.5 Å². The summed E-state index contributed by atoms with van der Waals surface area (Å²) >= 11 is 0. The first-order chi connectivity index (χ1) is 17.1. The second kappa shape index (κ2) is 8.43. The van der Waals surface area contributed by atoms with Gasteiger partial charge in [-0.05, 0) is 33.3 Å². The van der Waals surface area contributed by atoms with Crippen LogP contribution in [0.4, 0.5) is 0 Å². The summed E-state index contributed by atoms with van der Waals surface area (Å²) in [6.07, 6.45) is 0. The minimum atomic E-state index is -1.20. The van der Waals surface area contributed by atoms with Gasteiger partial charge in [-0.2, -0.15) is 0 Å². The number of fused-ring (bicyclic) bond motifs is 3. The first-order valence-electron chi connectivity index (χ1n) is 11.1. The van der Waals surface area contributed by atoms with Crippen molar-refractivity contribution >= 4 is 34.5 Å². The molecule has 0 heterocycles. The molecule has 0 amide bonds. The Labute approximate surface area is 211 Å². The Morgan fingerprint density at radius 3 is 1.81 bits per heavy atom.